The number of aromatic nitrogens is 2. The molecule has 9 heteroatoms. The summed E-state index contributed by atoms with van der Waals surface area (Å²) in [5.41, 5.74) is 2.15. The zero-order valence-electron chi connectivity index (χ0n) is 16.6. The van der Waals surface area contributed by atoms with Gasteiger partial charge in [-0.1, -0.05) is 41.9 Å². The first-order chi connectivity index (χ1) is 14.4. The first-order valence-electron chi connectivity index (χ1n) is 9.69. The van der Waals surface area contributed by atoms with Crippen LogP contribution in [-0.4, -0.2) is 48.9 Å². The van der Waals surface area contributed by atoms with E-state index >= 15 is 0 Å². The Kier molecular flexibility index (Phi) is 6.38. The fraction of sp³-hybridized carbons (Fsp3) is 0.333. The van der Waals surface area contributed by atoms with Crippen LogP contribution in [0.3, 0.4) is 0 Å². The molecule has 1 aromatic heterocycles. The summed E-state index contributed by atoms with van der Waals surface area (Å²) in [4.78, 5) is 8.77. The van der Waals surface area contributed by atoms with Gasteiger partial charge in [0.2, 0.25) is 0 Å². The summed E-state index contributed by atoms with van der Waals surface area (Å²) in [5, 5.41) is 0.911. The Bertz CT molecular complexity index is 1090. The lowest BCUT2D eigenvalue weighted by Crippen LogP contribution is -2.34. The smallest absolute Gasteiger partial charge is 0.185 e. The summed E-state index contributed by atoms with van der Waals surface area (Å²) in [5.74, 6) is -0.166. The van der Waals surface area contributed by atoms with Gasteiger partial charge in [-0.3, -0.25) is 4.90 Å². The fourth-order valence-electron chi connectivity index (χ4n) is 3.78. The molecule has 1 fully saturated rings. The molecule has 1 atom stereocenters. The number of nitrogens with zero attached hydrogens (tertiary/aromatic N) is 4. The molecule has 0 saturated carbocycles. The van der Waals surface area contributed by atoms with Gasteiger partial charge in [-0.25, -0.2) is 13.4 Å². The van der Waals surface area contributed by atoms with Crippen molar-refractivity contribution in [2.45, 2.75) is 29.7 Å². The minimum atomic E-state index is -3.51. The van der Waals surface area contributed by atoms with Crippen LogP contribution in [0.1, 0.15) is 17.0 Å². The van der Waals surface area contributed by atoms with Gasteiger partial charge >= 0.3 is 0 Å². The normalized spacial score (nSPS) is 17.3. The highest BCUT2D eigenvalue weighted by Crippen LogP contribution is 2.32. The molecule has 158 valence electrons. The third-order valence-electron chi connectivity index (χ3n) is 5.42. The van der Waals surface area contributed by atoms with Crippen LogP contribution in [0, 0.1) is 0 Å². The third kappa shape index (κ3) is 4.83. The second-order valence-corrected chi connectivity index (χ2v) is 10.7. The molecule has 0 spiro atoms. The van der Waals surface area contributed by atoms with E-state index < -0.39 is 9.84 Å². The predicted molar refractivity (Wildman–Crippen MR) is 121 cm³/mol. The van der Waals surface area contributed by atoms with Gasteiger partial charge in [0.05, 0.1) is 15.6 Å². The van der Waals surface area contributed by atoms with Crippen molar-refractivity contribution >= 4 is 38.7 Å². The molecule has 0 aliphatic carbocycles. The van der Waals surface area contributed by atoms with Gasteiger partial charge in [0, 0.05) is 32.7 Å². The molecule has 30 heavy (non-hydrogen) atoms. The average molecular weight is 463 g/mol. The van der Waals surface area contributed by atoms with Crippen molar-refractivity contribution < 1.29 is 8.42 Å². The number of likely N-dealkylation sites (tertiary alicyclic amines) is 1. The Morgan fingerprint density at radius 2 is 2.03 bits per heavy atom. The van der Waals surface area contributed by atoms with E-state index in [0.29, 0.717) is 16.1 Å². The van der Waals surface area contributed by atoms with Gasteiger partial charge in [0.1, 0.15) is 17.1 Å². The van der Waals surface area contributed by atoms with E-state index in [1.807, 2.05) is 13.1 Å². The molecule has 1 aliphatic heterocycles. The van der Waals surface area contributed by atoms with Gasteiger partial charge < -0.3 is 4.90 Å². The van der Waals surface area contributed by atoms with Gasteiger partial charge in [-0.2, -0.15) is 4.37 Å². The summed E-state index contributed by atoms with van der Waals surface area (Å²) in [6.07, 6.45) is 2.40. The van der Waals surface area contributed by atoms with E-state index in [1.165, 1.54) is 11.9 Å². The molecule has 2 heterocycles. The maximum Gasteiger partial charge on any atom is 0.185 e. The number of anilines is 1. The Labute approximate surface area is 186 Å². The number of hydrogen-bond donors (Lipinski definition) is 0. The highest BCUT2D eigenvalue weighted by molar-refractivity contribution is 7.90. The number of likely N-dealkylation sites (N-methyl/N-ethyl adjacent to an activating group) is 1. The summed E-state index contributed by atoms with van der Waals surface area (Å²) >= 11 is 7.60. The molecular formula is C21H23ClN4O2S2. The van der Waals surface area contributed by atoms with Crippen molar-refractivity contribution in [2.24, 2.45) is 0 Å². The number of hydrogen-bond acceptors (Lipinski definition) is 7. The highest BCUT2D eigenvalue weighted by Gasteiger charge is 2.27. The van der Waals surface area contributed by atoms with Crippen molar-refractivity contribution in [3.8, 4) is 0 Å². The van der Waals surface area contributed by atoms with Crippen LogP contribution in [-0.2, 0) is 22.1 Å². The van der Waals surface area contributed by atoms with Crippen LogP contribution in [0.15, 0.2) is 59.8 Å². The highest BCUT2D eigenvalue weighted by atomic mass is 35.5. The molecule has 0 unspecified atom stereocenters. The molecule has 3 aromatic rings. The summed E-state index contributed by atoms with van der Waals surface area (Å²) in [6.45, 7) is 2.90. The van der Waals surface area contributed by atoms with Crippen LogP contribution < -0.4 is 4.90 Å². The van der Waals surface area contributed by atoms with Crippen LogP contribution in [0.2, 0.25) is 5.02 Å². The van der Waals surface area contributed by atoms with Crippen LogP contribution in [0.5, 0.6) is 0 Å². The van der Waals surface area contributed by atoms with E-state index in [1.54, 1.807) is 18.2 Å². The monoisotopic (exact) mass is 462 g/mol. The molecule has 6 nitrogen and oxygen atoms in total. The second kappa shape index (κ2) is 9.01. The van der Waals surface area contributed by atoms with E-state index in [2.05, 4.69) is 43.4 Å². The third-order valence-corrected chi connectivity index (χ3v) is 8.19. The number of sulfone groups is 1. The molecule has 0 bridgehead atoms. The molecule has 2 aromatic carbocycles. The van der Waals surface area contributed by atoms with Gasteiger partial charge in [-0.05, 0) is 41.7 Å². The van der Waals surface area contributed by atoms with Crippen molar-refractivity contribution in [3.05, 3.63) is 70.5 Å². The Morgan fingerprint density at radius 3 is 2.73 bits per heavy atom. The molecule has 0 N–H and O–H groups in total. The van der Waals surface area contributed by atoms with Crippen molar-refractivity contribution in [1.29, 1.82) is 0 Å². The molecule has 0 radical (unpaired) electrons. The lowest BCUT2D eigenvalue weighted by Gasteiger charge is -2.28. The maximum atomic E-state index is 12.7. The van der Waals surface area contributed by atoms with Gasteiger partial charge in [-0.15, -0.1) is 0 Å². The molecular weight excluding hydrogens is 440 g/mol. The zero-order chi connectivity index (χ0) is 21.1. The second-order valence-electron chi connectivity index (χ2n) is 7.48. The summed E-state index contributed by atoms with van der Waals surface area (Å²) in [6, 6.07) is 15.8. The van der Waals surface area contributed by atoms with Crippen LogP contribution >= 0.6 is 23.1 Å². The lowest BCUT2D eigenvalue weighted by atomic mass is 10.2. The van der Waals surface area contributed by atoms with E-state index in [9.17, 15) is 8.42 Å². The van der Waals surface area contributed by atoms with Crippen LogP contribution in [0.25, 0.3) is 0 Å². The minimum absolute atomic E-state index is 0.166. The van der Waals surface area contributed by atoms with Crippen molar-refractivity contribution in [1.82, 2.24) is 14.3 Å². The van der Waals surface area contributed by atoms with Crippen LogP contribution in [0.4, 0.5) is 5.69 Å². The quantitative estimate of drug-likeness (QED) is 0.531. The summed E-state index contributed by atoms with van der Waals surface area (Å²) < 4.78 is 29.2. The molecule has 4 rings (SSSR count). The zero-order valence-corrected chi connectivity index (χ0v) is 19.0. The Balaban J connectivity index is 1.44. The standard InChI is InChI=1S/C21H23ClN4O2S2/c1-25(17-9-10-26(13-17)12-16-5-3-2-4-6-16)20-8-7-18(11-19(20)22)30(27,28)14-21-23-15-24-29-21/h2-8,11,15,17H,9-10,12-14H2,1H3/t17-/m1/s1. The lowest BCUT2D eigenvalue weighted by molar-refractivity contribution is 0.326. The Hall–Kier alpha value is -2.00. The first-order valence-corrected chi connectivity index (χ1v) is 12.5. The van der Waals surface area contributed by atoms with Crippen molar-refractivity contribution in [2.75, 3.05) is 25.0 Å². The minimum Gasteiger partial charge on any atom is -0.369 e. The molecule has 1 aliphatic rings. The van der Waals surface area contributed by atoms with Gasteiger partial charge in [0.25, 0.3) is 0 Å². The number of rotatable bonds is 7. The van der Waals surface area contributed by atoms with E-state index in [-0.39, 0.29) is 10.6 Å². The van der Waals surface area contributed by atoms with E-state index in [0.717, 1.165) is 43.3 Å². The first kappa shape index (κ1) is 21.2. The van der Waals surface area contributed by atoms with Crippen molar-refractivity contribution in [3.63, 3.8) is 0 Å². The fourth-order valence-corrected chi connectivity index (χ4v) is 6.29. The van der Waals surface area contributed by atoms with E-state index in [4.69, 9.17) is 11.6 Å². The maximum absolute atomic E-state index is 12.7. The van der Waals surface area contributed by atoms with Gasteiger partial charge in [0.15, 0.2) is 9.84 Å². The number of halogens is 1. The SMILES string of the molecule is CN(c1ccc(S(=O)(=O)Cc2ncns2)cc1Cl)[C@@H]1CCN(Cc2ccccc2)C1. The topological polar surface area (TPSA) is 66.4 Å². The number of benzene rings is 2. The largest absolute Gasteiger partial charge is 0.369 e. The molecule has 1 saturated heterocycles. The summed E-state index contributed by atoms with van der Waals surface area (Å²) in [7, 11) is -1.49. The Morgan fingerprint density at radius 1 is 1.23 bits per heavy atom. The molecule has 0 amide bonds. The average Bonchev–Trinajstić information content (AvgIpc) is 3.40. The predicted octanol–water partition coefficient (Wildman–Crippen LogP) is 3.88.